The number of para-hydroxylation sites is 1. The highest BCUT2D eigenvalue weighted by molar-refractivity contribution is 7.27. The molecule has 14 rings (SSSR count). The molecule has 0 aliphatic heterocycles. The Hall–Kier alpha value is -8.68. The summed E-state index contributed by atoms with van der Waals surface area (Å²) in [5, 5.41) is 8.15. The van der Waals surface area contributed by atoms with Crippen LogP contribution in [0.4, 0.5) is 0 Å². The standard InChI is InChI=1S/C65H41N3OS2/c1-3-5-22-43(4-2)68-55-32-13-12-23-46(55)53-37-41(33-35-56(53)68)42-34-36-57-54(38-42)59-60(69-57)58(51-30-16-28-49-47-26-14-24-44(61(47)70-63(49)51)39-18-8-6-9-19-39)66-65(67-59)52-31-17-29-50-48-27-15-25-45(62(48)71-64(50)52)40-20-10-7-11-21-40/h3-38H,2H2,1H3/b5-3-,43-22+. The molecule has 0 radical (unpaired) electrons. The fourth-order valence-corrected chi connectivity index (χ4v) is 13.4. The zero-order chi connectivity index (χ0) is 47.2. The predicted octanol–water partition coefficient (Wildman–Crippen LogP) is 19.2. The highest BCUT2D eigenvalue weighted by atomic mass is 32.1. The summed E-state index contributed by atoms with van der Waals surface area (Å²) in [6.07, 6.45) is 8.14. The molecular weight excluding hydrogens is 903 g/mol. The molecule has 334 valence electrons. The third-order valence-corrected chi connectivity index (χ3v) is 16.5. The molecule has 4 nitrogen and oxygen atoms in total. The van der Waals surface area contributed by atoms with Crippen LogP contribution in [-0.2, 0) is 0 Å². The number of thiophene rings is 2. The van der Waals surface area contributed by atoms with E-state index in [0.717, 1.165) is 70.6 Å². The highest BCUT2D eigenvalue weighted by Gasteiger charge is 2.24. The molecule has 0 aliphatic carbocycles. The van der Waals surface area contributed by atoms with Gasteiger partial charge in [0.05, 0.1) is 11.0 Å². The molecule has 6 heteroatoms. The normalized spacial score (nSPS) is 12.4. The summed E-state index contributed by atoms with van der Waals surface area (Å²) in [6, 6.07) is 69.7. The second kappa shape index (κ2) is 16.5. The average Bonchev–Trinajstić information content (AvgIpc) is 4.20. The van der Waals surface area contributed by atoms with Gasteiger partial charge in [0.15, 0.2) is 11.4 Å². The van der Waals surface area contributed by atoms with Crippen molar-refractivity contribution in [1.29, 1.82) is 0 Å². The number of nitrogens with zero attached hydrogens (tertiary/aromatic N) is 3. The maximum Gasteiger partial charge on any atom is 0.180 e. The van der Waals surface area contributed by atoms with E-state index in [1.54, 1.807) is 0 Å². The Morgan fingerprint density at radius 2 is 1.00 bits per heavy atom. The van der Waals surface area contributed by atoms with Gasteiger partial charge < -0.3 is 8.98 Å². The molecule has 0 bridgehead atoms. The van der Waals surface area contributed by atoms with E-state index in [4.69, 9.17) is 14.4 Å². The molecule has 0 N–H and O–H groups in total. The largest absolute Gasteiger partial charge is 0.452 e. The first-order chi connectivity index (χ1) is 35.1. The Balaban J connectivity index is 1.02. The van der Waals surface area contributed by atoms with Gasteiger partial charge in [-0.05, 0) is 88.9 Å². The zero-order valence-electron chi connectivity index (χ0n) is 38.6. The first kappa shape index (κ1) is 41.3. The number of hydrogen-bond donors (Lipinski definition) is 0. The first-order valence-electron chi connectivity index (χ1n) is 23.9. The fourth-order valence-electron chi connectivity index (χ4n) is 10.7. The Bertz CT molecular complexity index is 4550. The molecule has 0 fully saturated rings. The van der Waals surface area contributed by atoms with Gasteiger partial charge in [-0.1, -0.05) is 176 Å². The van der Waals surface area contributed by atoms with Gasteiger partial charge in [-0.15, -0.1) is 22.7 Å². The number of rotatable bonds is 8. The quantitative estimate of drug-likeness (QED) is 0.143. The summed E-state index contributed by atoms with van der Waals surface area (Å²) in [5.74, 6) is 0.667. The topological polar surface area (TPSA) is 43.9 Å². The molecular formula is C65H41N3OS2. The zero-order valence-corrected chi connectivity index (χ0v) is 40.2. The van der Waals surface area contributed by atoms with Gasteiger partial charge in [-0.2, -0.15) is 0 Å². The van der Waals surface area contributed by atoms with Crippen LogP contribution in [0.5, 0.6) is 0 Å². The lowest BCUT2D eigenvalue weighted by Crippen LogP contribution is -1.94. The second-order valence-electron chi connectivity index (χ2n) is 18.0. The van der Waals surface area contributed by atoms with Crippen LogP contribution < -0.4 is 0 Å². The highest BCUT2D eigenvalue weighted by Crippen LogP contribution is 2.48. The van der Waals surface area contributed by atoms with Gasteiger partial charge in [0.25, 0.3) is 0 Å². The van der Waals surface area contributed by atoms with Crippen molar-refractivity contribution in [2.75, 3.05) is 0 Å². The number of allylic oxidation sites excluding steroid dienone is 5. The minimum atomic E-state index is 0.667. The SMILES string of the molecule is C=C/C(=C\C=C/C)n1c2ccccc2c2cc(-c3ccc4oc5c(-c6cccc7c6sc6c(-c8ccccc8)cccc67)nc(-c6cccc7c6sc6c(-c8ccccc8)cccc67)nc5c4c3)ccc21. The predicted molar refractivity (Wildman–Crippen MR) is 305 cm³/mol. The van der Waals surface area contributed by atoms with E-state index in [-0.39, 0.29) is 0 Å². The van der Waals surface area contributed by atoms with Crippen LogP contribution in [0.1, 0.15) is 6.92 Å². The van der Waals surface area contributed by atoms with Crippen LogP contribution in [0, 0.1) is 0 Å². The van der Waals surface area contributed by atoms with E-state index in [0.29, 0.717) is 11.4 Å². The van der Waals surface area contributed by atoms with E-state index >= 15 is 0 Å². The van der Waals surface area contributed by atoms with Crippen LogP contribution >= 0.6 is 22.7 Å². The van der Waals surface area contributed by atoms with Crippen molar-refractivity contribution in [3.05, 3.63) is 225 Å². The van der Waals surface area contributed by atoms with Gasteiger partial charge in [0, 0.05) is 73.3 Å². The summed E-state index contributed by atoms with van der Waals surface area (Å²) in [5.41, 5.74) is 15.3. The number of aromatic nitrogens is 3. The van der Waals surface area contributed by atoms with Crippen molar-refractivity contribution < 1.29 is 4.42 Å². The molecule has 0 saturated heterocycles. The van der Waals surface area contributed by atoms with Gasteiger partial charge in [0.1, 0.15) is 16.8 Å². The molecule has 9 aromatic carbocycles. The molecule has 0 spiro atoms. The van der Waals surface area contributed by atoms with Gasteiger partial charge in [-0.25, -0.2) is 9.97 Å². The molecule has 0 atom stereocenters. The number of furan rings is 1. The summed E-state index contributed by atoms with van der Waals surface area (Å²) >= 11 is 3.64. The maximum absolute atomic E-state index is 7.00. The third-order valence-electron chi connectivity index (χ3n) is 14.0. The molecule has 0 aliphatic rings. The molecule has 71 heavy (non-hydrogen) atoms. The van der Waals surface area contributed by atoms with Gasteiger partial charge in [0.2, 0.25) is 0 Å². The summed E-state index contributed by atoms with van der Waals surface area (Å²) in [4.78, 5) is 11.2. The lowest BCUT2D eigenvalue weighted by Gasteiger charge is -2.09. The van der Waals surface area contributed by atoms with Crippen LogP contribution in [0.25, 0.3) is 146 Å². The summed E-state index contributed by atoms with van der Waals surface area (Å²) in [7, 11) is 0. The van der Waals surface area contributed by atoms with Crippen molar-refractivity contribution in [2.24, 2.45) is 0 Å². The lowest BCUT2D eigenvalue weighted by molar-refractivity contribution is 0.667. The van der Waals surface area contributed by atoms with Crippen LogP contribution in [0.15, 0.2) is 229 Å². The Labute approximate surface area is 417 Å². The average molecular weight is 944 g/mol. The fraction of sp³-hybridized carbons (Fsp3) is 0.0154. The van der Waals surface area contributed by atoms with Crippen molar-refractivity contribution in [3.63, 3.8) is 0 Å². The lowest BCUT2D eigenvalue weighted by atomic mass is 10.0. The van der Waals surface area contributed by atoms with E-state index in [2.05, 4.69) is 217 Å². The van der Waals surface area contributed by atoms with E-state index < -0.39 is 0 Å². The molecule has 0 amide bonds. The van der Waals surface area contributed by atoms with Crippen LogP contribution in [0.3, 0.4) is 0 Å². The van der Waals surface area contributed by atoms with Crippen LogP contribution in [0.2, 0.25) is 0 Å². The third kappa shape index (κ3) is 6.49. The van der Waals surface area contributed by atoms with E-state index in [1.807, 2.05) is 41.7 Å². The van der Waals surface area contributed by atoms with E-state index in [1.165, 1.54) is 64.0 Å². The van der Waals surface area contributed by atoms with Crippen molar-refractivity contribution in [3.8, 4) is 56.0 Å². The number of hydrogen-bond acceptors (Lipinski definition) is 5. The minimum absolute atomic E-state index is 0.667. The monoisotopic (exact) mass is 943 g/mol. The molecule has 0 unspecified atom stereocenters. The summed E-state index contributed by atoms with van der Waals surface area (Å²) < 4.78 is 14.1. The first-order valence-corrected chi connectivity index (χ1v) is 25.5. The summed E-state index contributed by atoms with van der Waals surface area (Å²) in [6.45, 7) is 6.22. The van der Waals surface area contributed by atoms with Crippen molar-refractivity contribution in [2.45, 2.75) is 6.92 Å². The number of benzene rings is 9. The molecule has 5 heterocycles. The molecule has 14 aromatic rings. The number of fused-ring (bicyclic) bond motifs is 12. The van der Waals surface area contributed by atoms with Crippen LogP contribution in [-0.4, -0.2) is 14.5 Å². The Kier molecular flexibility index (Phi) is 9.59. The Morgan fingerprint density at radius 3 is 1.63 bits per heavy atom. The van der Waals surface area contributed by atoms with Crippen molar-refractivity contribution in [1.82, 2.24) is 14.5 Å². The Morgan fingerprint density at radius 1 is 0.479 bits per heavy atom. The maximum atomic E-state index is 7.00. The smallest absolute Gasteiger partial charge is 0.180 e. The second-order valence-corrected chi connectivity index (χ2v) is 20.0. The molecule has 0 saturated carbocycles. The van der Waals surface area contributed by atoms with E-state index in [9.17, 15) is 0 Å². The van der Waals surface area contributed by atoms with Gasteiger partial charge >= 0.3 is 0 Å². The molecule has 5 aromatic heterocycles. The van der Waals surface area contributed by atoms with Crippen molar-refractivity contribution >= 4 is 113 Å². The van der Waals surface area contributed by atoms with Gasteiger partial charge in [-0.3, -0.25) is 0 Å². The minimum Gasteiger partial charge on any atom is -0.452 e.